The molecule has 0 aromatic heterocycles. The molecule has 0 amide bonds. The van der Waals surface area contributed by atoms with E-state index in [1.54, 1.807) is 0 Å². The summed E-state index contributed by atoms with van der Waals surface area (Å²) in [7, 11) is -2.66. The number of halogens is 1. The van der Waals surface area contributed by atoms with E-state index in [0.29, 0.717) is 10.9 Å². The lowest BCUT2D eigenvalue weighted by Crippen LogP contribution is -2.43. The first-order valence-electron chi connectivity index (χ1n) is 8.18. The van der Waals surface area contributed by atoms with Crippen LogP contribution in [0.25, 0.3) is 0 Å². The van der Waals surface area contributed by atoms with Gasteiger partial charge in [-0.3, -0.25) is 4.79 Å². The summed E-state index contributed by atoms with van der Waals surface area (Å²) in [5, 5.41) is 9.98. The Kier molecular flexibility index (Phi) is 6.44. The number of aliphatic carboxylic acids is 1. The van der Waals surface area contributed by atoms with E-state index in [-0.39, 0.29) is 11.3 Å². The van der Waals surface area contributed by atoms with Crippen LogP contribution in [-0.4, -0.2) is 36.9 Å². The highest BCUT2D eigenvalue weighted by atomic mass is 35.5. The van der Waals surface area contributed by atoms with Gasteiger partial charge in [0.25, 0.3) is 0 Å². The first kappa shape index (κ1) is 20.4. The van der Waals surface area contributed by atoms with Crippen LogP contribution in [0.3, 0.4) is 0 Å². The van der Waals surface area contributed by atoms with E-state index < -0.39 is 22.0 Å². The molecule has 0 heterocycles. The lowest BCUT2D eigenvalue weighted by molar-refractivity contribution is -0.141. The second kappa shape index (κ2) is 8.20. The molecule has 0 aliphatic rings. The molecule has 2 aromatic rings. The van der Waals surface area contributed by atoms with Crippen molar-refractivity contribution >= 4 is 27.6 Å². The predicted molar refractivity (Wildman–Crippen MR) is 102 cm³/mol. The normalized spacial score (nSPS) is 13.2. The van der Waals surface area contributed by atoms with Crippen molar-refractivity contribution in [3.63, 3.8) is 0 Å². The summed E-state index contributed by atoms with van der Waals surface area (Å²) in [6, 6.07) is 12.0. The molecule has 0 aliphatic heterocycles. The van der Waals surface area contributed by atoms with Crippen LogP contribution in [0.2, 0.25) is 5.02 Å². The van der Waals surface area contributed by atoms with Crippen LogP contribution in [-0.2, 0) is 21.2 Å². The number of sulfonamides is 1. The van der Waals surface area contributed by atoms with Gasteiger partial charge in [0.15, 0.2) is 0 Å². The Bertz CT molecular complexity index is 861. The molecule has 0 unspecified atom stereocenters. The Hall–Kier alpha value is -1.89. The zero-order valence-corrected chi connectivity index (χ0v) is 16.5. The molecule has 7 heteroatoms. The second-order valence-electron chi connectivity index (χ2n) is 6.43. The Balaban J connectivity index is 2.28. The van der Waals surface area contributed by atoms with Gasteiger partial charge in [-0.1, -0.05) is 49.7 Å². The zero-order chi connectivity index (χ0) is 19.5. The molecule has 2 aromatic carbocycles. The molecule has 0 aliphatic carbocycles. The first-order valence-corrected chi connectivity index (χ1v) is 10.00. The van der Waals surface area contributed by atoms with Gasteiger partial charge in [-0.15, -0.1) is 0 Å². The Morgan fingerprint density at radius 3 is 2.08 bits per heavy atom. The van der Waals surface area contributed by atoms with Gasteiger partial charge in [-0.2, -0.15) is 4.31 Å². The Morgan fingerprint density at radius 1 is 1.08 bits per heavy atom. The molecular weight excluding hydrogens is 374 g/mol. The van der Waals surface area contributed by atoms with Crippen LogP contribution in [0.4, 0.5) is 0 Å². The van der Waals surface area contributed by atoms with Crippen molar-refractivity contribution < 1.29 is 18.3 Å². The van der Waals surface area contributed by atoms with Crippen molar-refractivity contribution in [2.45, 2.75) is 37.1 Å². The summed E-state index contributed by atoms with van der Waals surface area (Å²) in [6.45, 7) is 4.14. The van der Waals surface area contributed by atoms with E-state index in [1.165, 1.54) is 31.3 Å². The van der Waals surface area contributed by atoms with Gasteiger partial charge in [0.2, 0.25) is 10.0 Å². The number of hydrogen-bond acceptors (Lipinski definition) is 3. The highest BCUT2D eigenvalue weighted by Crippen LogP contribution is 2.22. The number of nitrogens with zero attached hydrogens (tertiary/aromatic N) is 1. The number of benzene rings is 2. The maximum absolute atomic E-state index is 12.7. The number of likely N-dealkylation sites (N-methyl/N-ethyl adjacent to an activating group) is 1. The number of carboxylic acids is 1. The van der Waals surface area contributed by atoms with Gasteiger partial charge in [0.05, 0.1) is 4.90 Å². The van der Waals surface area contributed by atoms with Crippen LogP contribution < -0.4 is 0 Å². The number of hydrogen-bond donors (Lipinski definition) is 1. The number of carboxylic acid groups (broad SMARTS) is 1. The minimum atomic E-state index is -3.95. The summed E-state index contributed by atoms with van der Waals surface area (Å²) in [5.41, 5.74) is 1.91. The smallest absolute Gasteiger partial charge is 0.322 e. The fourth-order valence-electron chi connectivity index (χ4n) is 2.57. The molecule has 26 heavy (non-hydrogen) atoms. The SMILES string of the molecule is CC(C)c1ccc(C[C@H](C(=O)O)N(C)S(=O)(=O)c2ccc(Cl)cc2)cc1. The molecule has 0 fully saturated rings. The topological polar surface area (TPSA) is 74.7 Å². The third-order valence-corrected chi connectivity index (χ3v) is 6.42. The lowest BCUT2D eigenvalue weighted by Gasteiger charge is -2.24. The predicted octanol–water partition coefficient (Wildman–Crippen LogP) is 3.78. The van der Waals surface area contributed by atoms with Crippen LogP contribution in [0.5, 0.6) is 0 Å². The summed E-state index contributed by atoms with van der Waals surface area (Å²) >= 11 is 5.79. The molecule has 140 valence electrons. The third kappa shape index (κ3) is 4.63. The minimum absolute atomic E-state index is 0.00538. The van der Waals surface area contributed by atoms with Crippen molar-refractivity contribution in [2.24, 2.45) is 0 Å². The average molecular weight is 396 g/mol. The second-order valence-corrected chi connectivity index (χ2v) is 8.86. The van der Waals surface area contributed by atoms with Crippen molar-refractivity contribution in [2.75, 3.05) is 7.05 Å². The van der Waals surface area contributed by atoms with E-state index in [2.05, 4.69) is 13.8 Å². The standard InChI is InChI=1S/C19H22ClNO4S/c1-13(2)15-6-4-14(5-7-15)12-18(19(22)23)21(3)26(24,25)17-10-8-16(20)9-11-17/h4-11,13,18H,12H2,1-3H3,(H,22,23)/t18-/m1/s1. The van der Waals surface area contributed by atoms with Gasteiger partial charge in [-0.05, 0) is 47.7 Å². The number of rotatable bonds is 7. The molecule has 0 radical (unpaired) electrons. The van der Waals surface area contributed by atoms with Gasteiger partial charge < -0.3 is 5.11 Å². The third-order valence-electron chi connectivity index (χ3n) is 4.29. The van der Waals surface area contributed by atoms with Gasteiger partial charge in [-0.25, -0.2) is 8.42 Å². The fraction of sp³-hybridized carbons (Fsp3) is 0.316. The molecule has 1 N–H and O–H groups in total. The van der Waals surface area contributed by atoms with E-state index in [4.69, 9.17) is 11.6 Å². The fourth-order valence-corrected chi connectivity index (χ4v) is 4.01. The zero-order valence-electron chi connectivity index (χ0n) is 14.9. The van der Waals surface area contributed by atoms with Gasteiger partial charge >= 0.3 is 5.97 Å². The Labute approximate surface area is 159 Å². The molecule has 0 spiro atoms. The van der Waals surface area contributed by atoms with E-state index >= 15 is 0 Å². The minimum Gasteiger partial charge on any atom is -0.480 e. The summed E-state index contributed by atoms with van der Waals surface area (Å²) in [4.78, 5) is 11.7. The van der Waals surface area contributed by atoms with E-state index in [0.717, 1.165) is 15.4 Å². The molecule has 0 saturated heterocycles. The van der Waals surface area contributed by atoms with E-state index in [9.17, 15) is 18.3 Å². The molecule has 1 atom stereocenters. The quantitative estimate of drug-likeness (QED) is 0.774. The van der Waals surface area contributed by atoms with Gasteiger partial charge in [0.1, 0.15) is 6.04 Å². The highest BCUT2D eigenvalue weighted by molar-refractivity contribution is 7.89. The lowest BCUT2D eigenvalue weighted by atomic mass is 9.99. The highest BCUT2D eigenvalue weighted by Gasteiger charge is 2.33. The van der Waals surface area contributed by atoms with Crippen LogP contribution in [0.1, 0.15) is 30.9 Å². The summed E-state index contributed by atoms with van der Waals surface area (Å²) < 4.78 is 26.4. The largest absolute Gasteiger partial charge is 0.480 e. The van der Waals surface area contributed by atoms with Crippen molar-refractivity contribution in [1.29, 1.82) is 0 Å². The van der Waals surface area contributed by atoms with Crippen LogP contribution >= 0.6 is 11.6 Å². The molecule has 0 bridgehead atoms. The molecule has 0 saturated carbocycles. The maximum Gasteiger partial charge on any atom is 0.322 e. The first-order chi connectivity index (χ1) is 12.1. The van der Waals surface area contributed by atoms with Gasteiger partial charge in [0, 0.05) is 12.1 Å². The van der Waals surface area contributed by atoms with Crippen LogP contribution in [0.15, 0.2) is 53.4 Å². The van der Waals surface area contributed by atoms with Crippen LogP contribution in [0, 0.1) is 0 Å². The average Bonchev–Trinajstić information content (AvgIpc) is 2.59. The van der Waals surface area contributed by atoms with Crippen molar-refractivity contribution in [3.05, 3.63) is 64.7 Å². The molecule has 2 rings (SSSR count). The van der Waals surface area contributed by atoms with Crippen molar-refractivity contribution in [3.8, 4) is 0 Å². The van der Waals surface area contributed by atoms with Crippen molar-refractivity contribution in [1.82, 2.24) is 4.31 Å². The summed E-state index contributed by atoms with van der Waals surface area (Å²) in [5.74, 6) is -0.828. The summed E-state index contributed by atoms with van der Waals surface area (Å²) in [6.07, 6.45) is 0.0804. The monoisotopic (exact) mass is 395 g/mol. The number of carbonyl (C=O) groups is 1. The van der Waals surface area contributed by atoms with E-state index in [1.807, 2.05) is 24.3 Å². The molecule has 5 nitrogen and oxygen atoms in total. The molecular formula is C19H22ClNO4S. The Morgan fingerprint density at radius 2 is 1.62 bits per heavy atom. The maximum atomic E-state index is 12.7.